The molecule has 4 aliphatic carbocycles. The van der Waals surface area contributed by atoms with Crippen LogP contribution in [0.1, 0.15) is 151 Å². The first-order chi connectivity index (χ1) is 23.9. The van der Waals surface area contributed by atoms with Gasteiger partial charge in [-0.15, -0.1) is 0 Å². The molecule has 1 aromatic rings. The van der Waals surface area contributed by atoms with E-state index in [1.807, 2.05) is 0 Å². The molecule has 14 atom stereocenters. The van der Waals surface area contributed by atoms with E-state index < -0.39 is 0 Å². The quantitative estimate of drug-likeness (QED) is 0.166. The van der Waals surface area contributed by atoms with E-state index in [4.69, 9.17) is 32.4 Å². The Morgan fingerprint density at radius 3 is 1.30 bits per heavy atom. The minimum absolute atomic E-state index is 0.167. The lowest BCUT2D eigenvalue weighted by atomic mass is 9.73. The number of carbonyl (C=O) groups is 2. The average Bonchev–Trinajstić information content (AvgIpc) is 3.10. The first-order valence-corrected chi connectivity index (χ1v) is 20.4. The van der Waals surface area contributed by atoms with Crippen LogP contribution in [0.4, 0.5) is 0 Å². The van der Waals surface area contributed by atoms with Gasteiger partial charge >= 0.3 is 11.9 Å². The summed E-state index contributed by atoms with van der Waals surface area (Å²) in [5.74, 6) is 2.94. The fourth-order valence-corrected chi connectivity index (χ4v) is 9.95. The summed E-state index contributed by atoms with van der Waals surface area (Å²) >= 11 is 0. The lowest BCUT2D eigenvalue weighted by Crippen LogP contribution is -2.40. The molecular formula is C42H70N4O4. The summed E-state index contributed by atoms with van der Waals surface area (Å²) < 4.78 is 12.8. The zero-order chi connectivity index (χ0) is 35.9. The molecule has 8 nitrogen and oxygen atoms in total. The smallest absolute Gasteiger partial charge is 0.338 e. The van der Waals surface area contributed by atoms with Crippen LogP contribution in [0.5, 0.6) is 0 Å². The molecule has 4 aliphatic rings. The van der Waals surface area contributed by atoms with Gasteiger partial charge in [-0.2, -0.15) is 0 Å². The van der Waals surface area contributed by atoms with Crippen molar-refractivity contribution in [2.75, 3.05) is 0 Å². The topological polar surface area (TPSA) is 157 Å². The number of rotatable bonds is 12. The molecule has 0 amide bonds. The molecule has 1 aromatic carbocycles. The van der Waals surface area contributed by atoms with E-state index in [0.29, 0.717) is 70.6 Å². The van der Waals surface area contributed by atoms with E-state index in [2.05, 4.69) is 27.7 Å². The molecule has 0 bridgehead atoms. The van der Waals surface area contributed by atoms with Gasteiger partial charge in [0.15, 0.2) is 0 Å². The second kappa shape index (κ2) is 18.2. The maximum Gasteiger partial charge on any atom is 0.338 e. The second-order valence-corrected chi connectivity index (χ2v) is 17.7. The van der Waals surface area contributed by atoms with Crippen LogP contribution in [0.3, 0.4) is 0 Å². The molecule has 0 aliphatic heterocycles. The van der Waals surface area contributed by atoms with E-state index >= 15 is 0 Å². The lowest BCUT2D eigenvalue weighted by Gasteiger charge is -2.37. The standard InChI is InChI=1S/C42H70N4O4/c1-25-20-29(8-14-35(25)43)10-18-39(31-12-16-37(45)27(3)22-31)49-41(47)33-6-5-7-34(24-33)42(48)50-40(32-13-17-38(46)28(4)23-32)19-11-30-9-15-36(44)26(2)21-30/h5-7,24-32,35-40H,8-23,43-46H2,1-4H3. The van der Waals surface area contributed by atoms with Crippen molar-refractivity contribution in [3.8, 4) is 0 Å². The fraction of sp³-hybridized carbons (Fsp3) is 0.810. The van der Waals surface area contributed by atoms with Crippen LogP contribution in [0.25, 0.3) is 0 Å². The molecule has 0 heterocycles. The predicted molar refractivity (Wildman–Crippen MR) is 201 cm³/mol. The minimum Gasteiger partial charge on any atom is -0.458 e. The number of ether oxygens (including phenoxy) is 2. The lowest BCUT2D eigenvalue weighted by molar-refractivity contribution is -0.00386. The molecule has 14 unspecified atom stereocenters. The third kappa shape index (κ3) is 10.5. The highest BCUT2D eigenvalue weighted by Crippen LogP contribution is 2.39. The number of hydrogen-bond acceptors (Lipinski definition) is 8. The van der Waals surface area contributed by atoms with Crippen molar-refractivity contribution in [1.29, 1.82) is 0 Å². The van der Waals surface area contributed by atoms with Crippen molar-refractivity contribution in [3.63, 3.8) is 0 Å². The molecule has 0 saturated heterocycles. The van der Waals surface area contributed by atoms with Crippen molar-refractivity contribution in [2.24, 2.45) is 70.3 Å². The van der Waals surface area contributed by atoms with Gasteiger partial charge in [-0.3, -0.25) is 0 Å². The third-order valence-corrected chi connectivity index (χ3v) is 13.9. The number of esters is 2. The Hall–Kier alpha value is -2.00. The Bertz CT molecular complexity index is 1150. The number of nitrogens with two attached hydrogens (primary N) is 4. The van der Waals surface area contributed by atoms with Crippen LogP contribution >= 0.6 is 0 Å². The van der Waals surface area contributed by atoms with E-state index in [1.54, 1.807) is 24.3 Å². The molecular weight excluding hydrogens is 624 g/mol. The van der Waals surface area contributed by atoms with E-state index in [-0.39, 0.29) is 36.2 Å². The van der Waals surface area contributed by atoms with E-state index in [9.17, 15) is 9.59 Å². The zero-order valence-corrected chi connectivity index (χ0v) is 31.6. The van der Waals surface area contributed by atoms with Crippen molar-refractivity contribution in [1.82, 2.24) is 0 Å². The van der Waals surface area contributed by atoms with E-state index in [1.165, 1.54) is 0 Å². The SMILES string of the molecule is CC1CC(CCC(OC(=O)c2cccc(C(=O)OC(CCC3CCC(N)C(C)C3)C3CCC(N)C(C)C3)c2)C2CCC(N)C(C)C2)CCC1N. The molecule has 4 fully saturated rings. The first-order valence-electron chi connectivity index (χ1n) is 20.4. The van der Waals surface area contributed by atoms with Gasteiger partial charge in [0.25, 0.3) is 0 Å². The van der Waals surface area contributed by atoms with Crippen LogP contribution in [0, 0.1) is 47.3 Å². The molecule has 8 heteroatoms. The number of hydrogen-bond donors (Lipinski definition) is 4. The summed E-state index contributed by atoms with van der Waals surface area (Å²) in [7, 11) is 0. The molecule has 50 heavy (non-hydrogen) atoms. The van der Waals surface area contributed by atoms with Crippen molar-refractivity contribution < 1.29 is 19.1 Å². The van der Waals surface area contributed by atoms with Crippen LogP contribution in [0.2, 0.25) is 0 Å². The minimum atomic E-state index is -0.359. The highest BCUT2D eigenvalue weighted by molar-refractivity contribution is 5.95. The van der Waals surface area contributed by atoms with Gasteiger partial charge in [-0.1, -0.05) is 33.8 Å². The third-order valence-electron chi connectivity index (χ3n) is 13.9. The maximum atomic E-state index is 13.8. The summed E-state index contributed by atoms with van der Waals surface area (Å²) in [5.41, 5.74) is 26.2. The summed E-state index contributed by atoms with van der Waals surface area (Å²) in [5, 5.41) is 0. The van der Waals surface area contributed by atoms with Crippen LogP contribution in [0.15, 0.2) is 24.3 Å². The van der Waals surface area contributed by atoms with Gasteiger partial charge < -0.3 is 32.4 Å². The number of benzene rings is 1. The first kappa shape index (κ1) is 39.2. The Balaban J connectivity index is 1.24. The summed E-state index contributed by atoms with van der Waals surface area (Å²) in [6.45, 7) is 8.96. The number of carbonyl (C=O) groups excluding carboxylic acids is 2. The summed E-state index contributed by atoms with van der Waals surface area (Å²) in [6.07, 6.45) is 15.9. The Kier molecular flexibility index (Phi) is 14.2. The molecule has 5 rings (SSSR count). The Morgan fingerprint density at radius 1 is 0.580 bits per heavy atom. The Morgan fingerprint density at radius 2 is 0.940 bits per heavy atom. The van der Waals surface area contributed by atoms with E-state index in [0.717, 1.165) is 103 Å². The molecule has 4 saturated carbocycles. The molecule has 8 N–H and O–H groups in total. The average molecular weight is 695 g/mol. The monoisotopic (exact) mass is 695 g/mol. The predicted octanol–water partition coefficient (Wildman–Crippen LogP) is 7.35. The summed E-state index contributed by atoms with van der Waals surface area (Å²) in [6, 6.07) is 7.96. The highest BCUT2D eigenvalue weighted by Gasteiger charge is 2.36. The molecule has 282 valence electrons. The van der Waals surface area contributed by atoms with Gasteiger partial charge in [-0.05, 0) is 168 Å². The van der Waals surface area contributed by atoms with Crippen LogP contribution < -0.4 is 22.9 Å². The summed E-state index contributed by atoms with van der Waals surface area (Å²) in [4.78, 5) is 27.6. The largest absolute Gasteiger partial charge is 0.458 e. The highest BCUT2D eigenvalue weighted by atomic mass is 16.5. The fourth-order valence-electron chi connectivity index (χ4n) is 9.95. The van der Waals surface area contributed by atoms with Gasteiger partial charge in [0, 0.05) is 24.2 Å². The second-order valence-electron chi connectivity index (χ2n) is 17.7. The molecule has 0 spiro atoms. The van der Waals surface area contributed by atoms with Crippen LogP contribution in [-0.2, 0) is 9.47 Å². The maximum absolute atomic E-state index is 13.8. The molecule has 0 aromatic heterocycles. The van der Waals surface area contributed by atoms with Gasteiger partial charge in [0.2, 0.25) is 0 Å². The van der Waals surface area contributed by atoms with Gasteiger partial charge in [0.1, 0.15) is 12.2 Å². The zero-order valence-electron chi connectivity index (χ0n) is 31.6. The normalized spacial score (nSPS) is 37.8. The van der Waals surface area contributed by atoms with Gasteiger partial charge in [0.05, 0.1) is 11.1 Å². The van der Waals surface area contributed by atoms with Crippen molar-refractivity contribution >= 4 is 11.9 Å². The van der Waals surface area contributed by atoms with Crippen LogP contribution in [-0.4, -0.2) is 48.3 Å². The molecule has 0 radical (unpaired) electrons. The Labute approximate surface area is 302 Å². The van der Waals surface area contributed by atoms with Gasteiger partial charge in [-0.25, -0.2) is 9.59 Å². The van der Waals surface area contributed by atoms with Crippen molar-refractivity contribution in [3.05, 3.63) is 35.4 Å². The van der Waals surface area contributed by atoms with Crippen molar-refractivity contribution in [2.45, 2.75) is 167 Å².